The highest BCUT2D eigenvalue weighted by Gasteiger charge is 2.19. The fraction of sp³-hybridized carbons (Fsp3) is 0.409. The molecule has 1 aromatic heterocycles. The van der Waals surface area contributed by atoms with Gasteiger partial charge in [-0.1, -0.05) is 42.5 Å². The van der Waals surface area contributed by atoms with Crippen LogP contribution in [0.2, 0.25) is 0 Å². The van der Waals surface area contributed by atoms with Gasteiger partial charge in [0.15, 0.2) is 0 Å². The van der Waals surface area contributed by atoms with E-state index in [0.29, 0.717) is 18.2 Å². The second-order valence-electron chi connectivity index (χ2n) is 7.40. The molecular weight excluding hydrogens is 364 g/mol. The number of carbonyl (C=O) groups excluding carboxylic acids is 1. The van der Waals surface area contributed by atoms with E-state index < -0.39 is 0 Å². The fourth-order valence-corrected chi connectivity index (χ4v) is 3.14. The Hall–Kier alpha value is -2.77. The van der Waals surface area contributed by atoms with E-state index >= 15 is 0 Å². The van der Waals surface area contributed by atoms with Gasteiger partial charge in [0.25, 0.3) is 5.91 Å². The van der Waals surface area contributed by atoms with Gasteiger partial charge in [0.1, 0.15) is 5.69 Å². The van der Waals surface area contributed by atoms with Gasteiger partial charge in [0.2, 0.25) is 5.95 Å². The second-order valence-corrected chi connectivity index (χ2v) is 7.40. The van der Waals surface area contributed by atoms with Gasteiger partial charge in [-0.05, 0) is 25.7 Å². The van der Waals surface area contributed by atoms with Crippen LogP contribution in [0.15, 0.2) is 48.7 Å². The summed E-state index contributed by atoms with van der Waals surface area (Å²) < 4.78 is 0. The Labute approximate surface area is 173 Å². The molecule has 1 aliphatic rings. The van der Waals surface area contributed by atoms with E-state index in [2.05, 4.69) is 61.5 Å². The maximum absolute atomic E-state index is 12.3. The monoisotopic (exact) mass is 394 g/mol. The zero-order valence-electron chi connectivity index (χ0n) is 17.3. The number of amides is 1. The number of nitrogens with zero attached hydrogens (tertiary/aromatic N) is 5. The minimum Gasteiger partial charge on any atom is -0.349 e. The summed E-state index contributed by atoms with van der Waals surface area (Å²) in [6.45, 7) is 5.92. The molecule has 0 spiro atoms. The van der Waals surface area contributed by atoms with Crippen molar-refractivity contribution >= 4 is 17.9 Å². The summed E-state index contributed by atoms with van der Waals surface area (Å²) in [4.78, 5) is 27.7. The van der Waals surface area contributed by atoms with Gasteiger partial charge in [0.05, 0.1) is 0 Å². The molecule has 0 radical (unpaired) electrons. The average molecular weight is 395 g/mol. The van der Waals surface area contributed by atoms with Crippen molar-refractivity contribution in [1.29, 1.82) is 0 Å². The molecule has 1 saturated heterocycles. The van der Waals surface area contributed by atoms with Crippen molar-refractivity contribution in [2.24, 2.45) is 0 Å². The lowest BCUT2D eigenvalue weighted by Crippen LogP contribution is -2.47. The van der Waals surface area contributed by atoms with Gasteiger partial charge in [-0.2, -0.15) is 0 Å². The summed E-state index contributed by atoms with van der Waals surface area (Å²) >= 11 is 0. The van der Waals surface area contributed by atoms with Crippen LogP contribution in [0.4, 0.5) is 5.95 Å². The molecule has 0 bridgehead atoms. The standard InChI is InChI=1S/C22H30N6O/c1-26(2)14-12-23-21(29)20-10-11-24-22(25-20)28-17-15-27(16-18-28)13-6-9-19-7-4-3-5-8-19/h3-11H,12-18H2,1-2H3,(H,23,29)/b9-6+. The van der Waals surface area contributed by atoms with Crippen molar-refractivity contribution in [2.75, 3.05) is 64.8 Å². The topological polar surface area (TPSA) is 64.6 Å². The lowest BCUT2D eigenvalue weighted by molar-refractivity contribution is 0.0946. The SMILES string of the molecule is CN(C)CCNC(=O)c1ccnc(N2CCN(C/C=C/c3ccccc3)CC2)n1. The molecule has 3 rings (SSSR count). The number of likely N-dealkylation sites (N-methyl/N-ethyl adjacent to an activating group) is 1. The van der Waals surface area contributed by atoms with Crippen LogP contribution >= 0.6 is 0 Å². The van der Waals surface area contributed by atoms with Gasteiger partial charge >= 0.3 is 0 Å². The number of benzene rings is 1. The molecule has 0 atom stereocenters. The number of hydrogen-bond donors (Lipinski definition) is 1. The number of piperazine rings is 1. The van der Waals surface area contributed by atoms with Crippen LogP contribution in [-0.2, 0) is 0 Å². The first kappa shape index (κ1) is 21.0. The Kier molecular flexibility index (Phi) is 7.72. The van der Waals surface area contributed by atoms with Gasteiger partial charge in [-0.3, -0.25) is 9.69 Å². The predicted molar refractivity (Wildman–Crippen MR) is 117 cm³/mol. The maximum atomic E-state index is 12.3. The third kappa shape index (κ3) is 6.66. The predicted octanol–water partition coefficient (Wildman–Crippen LogP) is 1.60. The lowest BCUT2D eigenvalue weighted by Gasteiger charge is -2.34. The number of carbonyl (C=O) groups is 1. The molecule has 7 heteroatoms. The van der Waals surface area contributed by atoms with E-state index in [1.165, 1.54) is 5.56 Å². The molecular formula is C22H30N6O. The first-order valence-corrected chi connectivity index (χ1v) is 10.1. The molecule has 7 nitrogen and oxygen atoms in total. The highest BCUT2D eigenvalue weighted by Crippen LogP contribution is 2.12. The van der Waals surface area contributed by atoms with Crippen molar-refractivity contribution in [1.82, 2.24) is 25.1 Å². The van der Waals surface area contributed by atoms with Crippen LogP contribution in [-0.4, -0.2) is 85.6 Å². The number of nitrogens with one attached hydrogen (secondary N) is 1. The third-order valence-corrected chi connectivity index (χ3v) is 4.85. The molecule has 1 N–H and O–H groups in total. The summed E-state index contributed by atoms with van der Waals surface area (Å²) in [5.41, 5.74) is 1.64. The van der Waals surface area contributed by atoms with Crippen molar-refractivity contribution in [2.45, 2.75) is 0 Å². The van der Waals surface area contributed by atoms with Crippen molar-refractivity contribution in [3.63, 3.8) is 0 Å². The minimum absolute atomic E-state index is 0.153. The molecule has 1 amide bonds. The Morgan fingerprint density at radius 1 is 1.14 bits per heavy atom. The smallest absolute Gasteiger partial charge is 0.270 e. The van der Waals surface area contributed by atoms with Gasteiger partial charge in [-0.15, -0.1) is 0 Å². The first-order chi connectivity index (χ1) is 14.1. The molecule has 154 valence electrons. The van der Waals surface area contributed by atoms with Crippen LogP contribution in [0.3, 0.4) is 0 Å². The molecule has 2 aromatic rings. The largest absolute Gasteiger partial charge is 0.349 e. The zero-order chi connectivity index (χ0) is 20.5. The Morgan fingerprint density at radius 2 is 1.90 bits per heavy atom. The van der Waals surface area contributed by atoms with Gasteiger partial charge < -0.3 is 15.1 Å². The summed E-state index contributed by atoms with van der Waals surface area (Å²) in [5, 5.41) is 2.90. The molecule has 0 unspecified atom stereocenters. The van der Waals surface area contributed by atoms with E-state index in [9.17, 15) is 4.79 Å². The summed E-state index contributed by atoms with van der Waals surface area (Å²) in [6, 6.07) is 12.0. The van der Waals surface area contributed by atoms with Gasteiger partial charge in [-0.25, -0.2) is 9.97 Å². The van der Waals surface area contributed by atoms with Crippen LogP contribution in [0.5, 0.6) is 0 Å². The average Bonchev–Trinajstić information content (AvgIpc) is 2.75. The van der Waals surface area contributed by atoms with Crippen LogP contribution in [0.1, 0.15) is 16.1 Å². The van der Waals surface area contributed by atoms with Crippen molar-refractivity contribution in [3.8, 4) is 0 Å². The zero-order valence-corrected chi connectivity index (χ0v) is 17.3. The number of aromatic nitrogens is 2. The molecule has 1 fully saturated rings. The number of hydrogen-bond acceptors (Lipinski definition) is 6. The molecule has 2 heterocycles. The van der Waals surface area contributed by atoms with Crippen LogP contribution in [0.25, 0.3) is 6.08 Å². The third-order valence-electron chi connectivity index (χ3n) is 4.85. The van der Waals surface area contributed by atoms with Gasteiger partial charge in [0, 0.05) is 52.0 Å². The van der Waals surface area contributed by atoms with E-state index in [1.54, 1.807) is 12.3 Å². The molecule has 0 aliphatic carbocycles. The normalized spacial score (nSPS) is 15.2. The Balaban J connectivity index is 1.48. The summed E-state index contributed by atoms with van der Waals surface area (Å²) in [7, 11) is 3.96. The fourth-order valence-electron chi connectivity index (χ4n) is 3.14. The molecule has 0 saturated carbocycles. The van der Waals surface area contributed by atoms with Crippen molar-refractivity contribution < 1.29 is 4.79 Å². The van der Waals surface area contributed by atoms with Crippen LogP contribution in [0, 0.1) is 0 Å². The Morgan fingerprint density at radius 3 is 2.62 bits per heavy atom. The quantitative estimate of drug-likeness (QED) is 0.734. The first-order valence-electron chi connectivity index (χ1n) is 10.1. The number of rotatable bonds is 8. The van der Waals surface area contributed by atoms with Crippen molar-refractivity contribution in [3.05, 3.63) is 59.9 Å². The van der Waals surface area contributed by atoms with E-state index in [4.69, 9.17) is 0 Å². The molecule has 1 aliphatic heterocycles. The van der Waals surface area contributed by atoms with Crippen LogP contribution < -0.4 is 10.2 Å². The summed E-state index contributed by atoms with van der Waals surface area (Å²) in [6.07, 6.45) is 6.03. The minimum atomic E-state index is -0.153. The second kappa shape index (κ2) is 10.7. The summed E-state index contributed by atoms with van der Waals surface area (Å²) in [5.74, 6) is 0.477. The lowest BCUT2D eigenvalue weighted by atomic mass is 10.2. The molecule has 29 heavy (non-hydrogen) atoms. The highest BCUT2D eigenvalue weighted by atomic mass is 16.1. The van der Waals surface area contributed by atoms with E-state index in [-0.39, 0.29) is 5.91 Å². The maximum Gasteiger partial charge on any atom is 0.270 e. The van der Waals surface area contributed by atoms with E-state index in [1.807, 2.05) is 25.1 Å². The molecule has 1 aromatic carbocycles. The number of anilines is 1. The Bertz CT molecular complexity index is 800. The van der Waals surface area contributed by atoms with E-state index in [0.717, 1.165) is 39.3 Å². The highest BCUT2D eigenvalue weighted by molar-refractivity contribution is 5.92.